The Morgan fingerprint density at radius 2 is 2.38 bits per heavy atom. The van der Waals surface area contributed by atoms with Crippen LogP contribution in [0, 0.1) is 0 Å². The molecule has 0 aliphatic heterocycles. The second-order valence-electron chi connectivity index (χ2n) is 3.32. The third-order valence-electron chi connectivity index (χ3n) is 2.13. The summed E-state index contributed by atoms with van der Waals surface area (Å²) in [6.45, 7) is 2.47. The summed E-state index contributed by atoms with van der Waals surface area (Å²) in [5.74, 6) is -0.0878. The van der Waals surface area contributed by atoms with Crippen LogP contribution in [0.4, 0.5) is 0 Å². The molecule has 7 heteroatoms. The van der Waals surface area contributed by atoms with Crippen LogP contribution in [-0.4, -0.2) is 32.0 Å². The second-order valence-corrected chi connectivity index (χ2v) is 3.32. The molecule has 0 bridgehead atoms. The van der Waals surface area contributed by atoms with Crippen molar-refractivity contribution >= 4 is 17.1 Å². The highest BCUT2D eigenvalue weighted by molar-refractivity contribution is 5.72. The molecule has 16 heavy (non-hydrogen) atoms. The van der Waals surface area contributed by atoms with Crippen molar-refractivity contribution in [3.05, 3.63) is 23.0 Å². The zero-order valence-electron chi connectivity index (χ0n) is 8.73. The lowest BCUT2D eigenvalue weighted by Gasteiger charge is -2.03. The maximum absolute atomic E-state index is 11.3. The van der Waals surface area contributed by atoms with Crippen LogP contribution >= 0.6 is 0 Å². The highest BCUT2D eigenvalue weighted by Crippen LogP contribution is 2.02. The average molecular weight is 221 g/mol. The van der Waals surface area contributed by atoms with Crippen LogP contribution in [0.15, 0.2) is 17.4 Å². The zero-order valence-corrected chi connectivity index (χ0v) is 8.73. The fourth-order valence-electron chi connectivity index (χ4n) is 1.41. The van der Waals surface area contributed by atoms with Gasteiger partial charge in [0.2, 0.25) is 5.91 Å². The Labute approximate surface area is 90.5 Å². The quantitative estimate of drug-likeness (QED) is 0.713. The van der Waals surface area contributed by atoms with Gasteiger partial charge in [0.05, 0.1) is 12.7 Å². The molecular formula is C9H11N5O2. The number of nitrogens with zero attached hydrogens (tertiary/aromatic N) is 3. The SMILES string of the molecule is CC(=O)NCCn1cnc2c(=O)[nH]cnc21. The number of H-pyrrole nitrogens is 1. The van der Waals surface area contributed by atoms with Crippen molar-refractivity contribution in [2.24, 2.45) is 0 Å². The van der Waals surface area contributed by atoms with E-state index in [1.54, 1.807) is 4.57 Å². The summed E-state index contributed by atoms with van der Waals surface area (Å²) >= 11 is 0. The Bertz CT molecular complexity index is 571. The third kappa shape index (κ3) is 1.92. The predicted octanol–water partition coefficient (Wildman–Crippen LogP) is -0.744. The highest BCUT2D eigenvalue weighted by Gasteiger charge is 2.06. The first kappa shape index (κ1) is 10.3. The summed E-state index contributed by atoms with van der Waals surface area (Å²) in [6, 6.07) is 0. The van der Waals surface area contributed by atoms with Gasteiger partial charge in [0.1, 0.15) is 0 Å². The molecule has 0 aliphatic rings. The molecule has 0 aliphatic carbocycles. The maximum atomic E-state index is 11.3. The van der Waals surface area contributed by atoms with Gasteiger partial charge < -0.3 is 14.9 Å². The van der Waals surface area contributed by atoms with Gasteiger partial charge >= 0.3 is 0 Å². The van der Waals surface area contributed by atoms with Gasteiger partial charge in [0.15, 0.2) is 11.2 Å². The molecule has 2 rings (SSSR count). The first-order valence-corrected chi connectivity index (χ1v) is 4.81. The molecule has 2 N–H and O–H groups in total. The number of hydrogen-bond donors (Lipinski definition) is 2. The molecule has 0 saturated heterocycles. The number of amides is 1. The fourth-order valence-corrected chi connectivity index (χ4v) is 1.41. The van der Waals surface area contributed by atoms with Gasteiger partial charge in [-0.15, -0.1) is 0 Å². The Balaban J connectivity index is 2.22. The molecule has 0 atom stereocenters. The minimum atomic E-state index is -0.261. The van der Waals surface area contributed by atoms with E-state index in [1.807, 2.05) is 0 Å². The van der Waals surface area contributed by atoms with Gasteiger partial charge in [-0.1, -0.05) is 0 Å². The second kappa shape index (κ2) is 4.13. The van der Waals surface area contributed by atoms with Crippen LogP contribution < -0.4 is 10.9 Å². The number of aromatic nitrogens is 4. The van der Waals surface area contributed by atoms with Crippen LogP contribution in [0.3, 0.4) is 0 Å². The average Bonchev–Trinajstić information content (AvgIpc) is 2.63. The Kier molecular flexibility index (Phi) is 2.67. The Morgan fingerprint density at radius 3 is 3.12 bits per heavy atom. The van der Waals surface area contributed by atoms with Crippen molar-refractivity contribution in [3.63, 3.8) is 0 Å². The minimum absolute atomic E-state index is 0.0878. The molecule has 0 fully saturated rings. The smallest absolute Gasteiger partial charge is 0.278 e. The van der Waals surface area contributed by atoms with Crippen LogP contribution in [-0.2, 0) is 11.3 Å². The van der Waals surface area contributed by atoms with E-state index < -0.39 is 0 Å². The molecule has 2 aromatic heterocycles. The van der Waals surface area contributed by atoms with Gasteiger partial charge in [-0.2, -0.15) is 0 Å². The van der Waals surface area contributed by atoms with Gasteiger partial charge in [-0.05, 0) is 0 Å². The highest BCUT2D eigenvalue weighted by atomic mass is 16.1. The van der Waals surface area contributed by atoms with Crippen molar-refractivity contribution in [3.8, 4) is 0 Å². The predicted molar refractivity (Wildman–Crippen MR) is 56.8 cm³/mol. The van der Waals surface area contributed by atoms with Crippen molar-refractivity contribution in [2.45, 2.75) is 13.5 Å². The Hall–Kier alpha value is -2.18. The number of imidazole rings is 1. The topological polar surface area (TPSA) is 92.7 Å². The van der Waals surface area contributed by atoms with E-state index in [2.05, 4.69) is 20.3 Å². The third-order valence-corrected chi connectivity index (χ3v) is 2.13. The molecular weight excluding hydrogens is 210 g/mol. The summed E-state index contributed by atoms with van der Waals surface area (Å²) in [5, 5.41) is 2.66. The van der Waals surface area contributed by atoms with Crippen LogP contribution in [0.5, 0.6) is 0 Å². The van der Waals surface area contributed by atoms with E-state index in [0.29, 0.717) is 24.3 Å². The fraction of sp³-hybridized carbons (Fsp3) is 0.333. The van der Waals surface area contributed by atoms with Crippen LogP contribution in [0.25, 0.3) is 11.2 Å². The van der Waals surface area contributed by atoms with E-state index in [9.17, 15) is 9.59 Å². The van der Waals surface area contributed by atoms with Crippen molar-refractivity contribution in [1.82, 2.24) is 24.8 Å². The van der Waals surface area contributed by atoms with Gasteiger partial charge in [-0.3, -0.25) is 9.59 Å². The molecule has 0 radical (unpaired) electrons. The summed E-state index contributed by atoms with van der Waals surface area (Å²) < 4.78 is 1.72. The molecule has 84 valence electrons. The molecule has 1 amide bonds. The number of fused-ring (bicyclic) bond motifs is 1. The van der Waals surface area contributed by atoms with Crippen molar-refractivity contribution in [1.29, 1.82) is 0 Å². The molecule has 2 aromatic rings. The first-order chi connectivity index (χ1) is 7.68. The van der Waals surface area contributed by atoms with E-state index >= 15 is 0 Å². The lowest BCUT2D eigenvalue weighted by molar-refractivity contribution is -0.118. The first-order valence-electron chi connectivity index (χ1n) is 4.81. The lowest BCUT2D eigenvalue weighted by atomic mass is 10.5. The van der Waals surface area contributed by atoms with Crippen LogP contribution in [0.2, 0.25) is 0 Å². The summed E-state index contributed by atoms with van der Waals surface area (Å²) in [7, 11) is 0. The van der Waals surface area contributed by atoms with E-state index in [1.165, 1.54) is 19.6 Å². The lowest BCUT2D eigenvalue weighted by Crippen LogP contribution is -2.24. The maximum Gasteiger partial charge on any atom is 0.278 e. The van der Waals surface area contributed by atoms with E-state index in [0.717, 1.165) is 0 Å². The van der Waals surface area contributed by atoms with Gasteiger partial charge in [0, 0.05) is 20.0 Å². The normalized spacial score (nSPS) is 10.6. The number of hydrogen-bond acceptors (Lipinski definition) is 4. The Morgan fingerprint density at radius 1 is 1.56 bits per heavy atom. The molecule has 0 saturated carbocycles. The van der Waals surface area contributed by atoms with Gasteiger partial charge in [-0.25, -0.2) is 9.97 Å². The van der Waals surface area contributed by atoms with E-state index in [4.69, 9.17) is 0 Å². The molecule has 0 aromatic carbocycles. The zero-order chi connectivity index (χ0) is 11.5. The molecule has 7 nitrogen and oxygen atoms in total. The number of rotatable bonds is 3. The monoisotopic (exact) mass is 221 g/mol. The van der Waals surface area contributed by atoms with Crippen LogP contribution in [0.1, 0.15) is 6.92 Å². The van der Waals surface area contributed by atoms with E-state index in [-0.39, 0.29) is 11.5 Å². The van der Waals surface area contributed by atoms with Gasteiger partial charge in [0.25, 0.3) is 5.56 Å². The minimum Gasteiger partial charge on any atom is -0.355 e. The number of nitrogens with one attached hydrogen (secondary N) is 2. The molecule has 2 heterocycles. The number of carbonyl (C=O) groups is 1. The number of carbonyl (C=O) groups excluding carboxylic acids is 1. The molecule has 0 spiro atoms. The van der Waals surface area contributed by atoms with Crippen molar-refractivity contribution < 1.29 is 4.79 Å². The molecule has 0 unspecified atom stereocenters. The summed E-state index contributed by atoms with van der Waals surface area (Å²) in [6.07, 6.45) is 2.87. The number of aromatic amines is 1. The standard InChI is InChI=1S/C9H11N5O2/c1-6(15)10-2-3-14-5-13-7-8(14)11-4-12-9(7)16/h4-5H,2-3H2,1H3,(H,10,15)(H,11,12,16). The summed E-state index contributed by atoms with van der Waals surface area (Å²) in [4.78, 5) is 32.5. The summed E-state index contributed by atoms with van der Waals surface area (Å²) in [5.41, 5.74) is 0.572. The van der Waals surface area contributed by atoms with Crippen molar-refractivity contribution in [2.75, 3.05) is 6.54 Å². The largest absolute Gasteiger partial charge is 0.355 e.